The fourth-order valence-corrected chi connectivity index (χ4v) is 4.09. The average Bonchev–Trinajstić information content (AvgIpc) is 2.84. The van der Waals surface area contributed by atoms with Gasteiger partial charge in [0, 0.05) is 6.54 Å². The van der Waals surface area contributed by atoms with Crippen LogP contribution in [-0.4, -0.2) is 46.9 Å². The van der Waals surface area contributed by atoms with Crippen LogP contribution in [0.3, 0.4) is 0 Å². The minimum absolute atomic E-state index is 0.0917. The molecule has 1 saturated carbocycles. The number of carbonyl (C=O) groups is 3. The number of carbonyl (C=O) groups excluding carboxylic acids is 3. The van der Waals surface area contributed by atoms with E-state index in [-0.39, 0.29) is 18.4 Å². The Kier molecular flexibility index (Phi) is 5.74. The lowest BCUT2D eigenvalue weighted by Gasteiger charge is -2.33. The average molecular weight is 386 g/mol. The monoisotopic (exact) mass is 386 g/mol. The first-order valence-corrected chi connectivity index (χ1v) is 9.91. The number of hydrogen-bond acceptors (Lipinski definition) is 4. The van der Waals surface area contributed by atoms with Crippen molar-refractivity contribution in [1.82, 2.24) is 20.7 Å². The van der Waals surface area contributed by atoms with Gasteiger partial charge in [-0.1, -0.05) is 30.7 Å². The molecule has 7 nitrogen and oxygen atoms in total. The third-order valence-corrected chi connectivity index (χ3v) is 5.88. The van der Waals surface area contributed by atoms with Gasteiger partial charge < -0.3 is 5.32 Å². The molecule has 1 spiro atoms. The van der Waals surface area contributed by atoms with Gasteiger partial charge in [0.1, 0.15) is 5.54 Å². The van der Waals surface area contributed by atoms with E-state index in [1.807, 2.05) is 31.9 Å². The van der Waals surface area contributed by atoms with Crippen molar-refractivity contribution < 1.29 is 14.4 Å². The van der Waals surface area contributed by atoms with Crippen LogP contribution in [0.5, 0.6) is 0 Å². The van der Waals surface area contributed by atoms with E-state index in [0.717, 1.165) is 23.4 Å². The van der Waals surface area contributed by atoms with E-state index in [2.05, 4.69) is 29.8 Å². The summed E-state index contributed by atoms with van der Waals surface area (Å²) in [5.41, 5.74) is 5.17. The molecule has 2 N–H and O–H groups in total. The predicted molar refractivity (Wildman–Crippen MR) is 106 cm³/mol. The van der Waals surface area contributed by atoms with Gasteiger partial charge in [-0.25, -0.2) is 4.79 Å². The Morgan fingerprint density at radius 3 is 2.61 bits per heavy atom. The van der Waals surface area contributed by atoms with E-state index in [4.69, 9.17) is 0 Å². The van der Waals surface area contributed by atoms with Crippen LogP contribution < -0.4 is 10.7 Å². The molecule has 4 amide bonds. The highest BCUT2D eigenvalue weighted by atomic mass is 16.2. The van der Waals surface area contributed by atoms with Crippen molar-refractivity contribution >= 4 is 17.8 Å². The Morgan fingerprint density at radius 2 is 1.96 bits per heavy atom. The van der Waals surface area contributed by atoms with Crippen LogP contribution in [0.2, 0.25) is 0 Å². The third-order valence-electron chi connectivity index (χ3n) is 5.88. The Hall–Kier alpha value is -2.41. The summed E-state index contributed by atoms with van der Waals surface area (Å²) >= 11 is 0. The summed E-state index contributed by atoms with van der Waals surface area (Å²) in [6.07, 6.45) is 3.04. The minimum Gasteiger partial charge on any atom is -0.322 e. The summed E-state index contributed by atoms with van der Waals surface area (Å²) < 4.78 is 0. The molecule has 1 aromatic carbocycles. The molecule has 1 saturated heterocycles. The van der Waals surface area contributed by atoms with Crippen molar-refractivity contribution in [2.45, 2.75) is 58.5 Å². The molecular formula is C21H30N4O3. The lowest BCUT2D eigenvalue weighted by molar-refractivity contribution is -0.140. The quantitative estimate of drug-likeness (QED) is 0.761. The summed E-state index contributed by atoms with van der Waals surface area (Å²) in [6, 6.07) is 5.68. The Morgan fingerprint density at radius 1 is 1.29 bits per heavy atom. The molecule has 3 rings (SSSR count). The molecule has 0 bridgehead atoms. The minimum atomic E-state index is -0.845. The lowest BCUT2D eigenvalue weighted by Crippen LogP contribution is -2.52. The maximum atomic E-state index is 12.8. The number of aryl methyl sites for hydroxylation is 2. The van der Waals surface area contributed by atoms with Gasteiger partial charge in [0.15, 0.2) is 0 Å². The zero-order valence-electron chi connectivity index (χ0n) is 17.2. The van der Waals surface area contributed by atoms with Gasteiger partial charge in [-0.3, -0.25) is 19.9 Å². The lowest BCUT2D eigenvalue weighted by atomic mass is 9.77. The summed E-state index contributed by atoms with van der Waals surface area (Å²) in [6.45, 7) is 6.95. The van der Waals surface area contributed by atoms with Crippen LogP contribution >= 0.6 is 0 Å². The highest BCUT2D eigenvalue weighted by Gasteiger charge is 2.52. The molecule has 2 fully saturated rings. The summed E-state index contributed by atoms with van der Waals surface area (Å²) in [5.74, 6) is -0.162. The molecule has 0 radical (unpaired) electrons. The number of hydrazine groups is 1. The van der Waals surface area contributed by atoms with Crippen molar-refractivity contribution in [3.05, 3.63) is 34.9 Å². The Bertz CT molecular complexity index is 784. The molecule has 1 aliphatic heterocycles. The van der Waals surface area contributed by atoms with Crippen LogP contribution in [0.4, 0.5) is 4.79 Å². The molecule has 152 valence electrons. The summed E-state index contributed by atoms with van der Waals surface area (Å²) in [7, 11) is 1.84. The predicted octanol–water partition coefficient (Wildman–Crippen LogP) is 2.27. The van der Waals surface area contributed by atoms with Crippen LogP contribution in [0.25, 0.3) is 0 Å². The van der Waals surface area contributed by atoms with E-state index < -0.39 is 11.6 Å². The zero-order chi connectivity index (χ0) is 20.5. The van der Waals surface area contributed by atoms with Gasteiger partial charge in [-0.05, 0) is 63.6 Å². The fourth-order valence-electron chi connectivity index (χ4n) is 4.09. The maximum absolute atomic E-state index is 12.8. The maximum Gasteiger partial charge on any atom is 0.344 e. The smallest absolute Gasteiger partial charge is 0.322 e. The van der Waals surface area contributed by atoms with Gasteiger partial charge in [-0.15, -0.1) is 0 Å². The van der Waals surface area contributed by atoms with Crippen LogP contribution in [0, 0.1) is 19.8 Å². The number of rotatable bonds is 5. The van der Waals surface area contributed by atoms with Crippen molar-refractivity contribution in [3.8, 4) is 0 Å². The molecular weight excluding hydrogens is 356 g/mol. The second kappa shape index (κ2) is 7.91. The number of hydrogen-bond donors (Lipinski definition) is 2. The number of amides is 4. The molecule has 7 heteroatoms. The standard InChI is InChI=1S/C21H30N4O3/c1-14-7-9-21(10-8-14)19(27)25(20(28)22-21)23-18(26)13-24(4)12-17-6-5-15(2)11-16(17)3/h5-6,11,14H,7-10,12-13H2,1-4H3,(H,22,28)(H,23,26). The molecule has 2 aliphatic rings. The van der Waals surface area contributed by atoms with E-state index >= 15 is 0 Å². The SMILES string of the molecule is Cc1ccc(CN(C)CC(=O)NN2C(=O)NC3(CCC(C)CC3)C2=O)c(C)c1. The number of benzene rings is 1. The van der Waals surface area contributed by atoms with Crippen LogP contribution in [-0.2, 0) is 16.1 Å². The largest absolute Gasteiger partial charge is 0.344 e. The number of likely N-dealkylation sites (N-methyl/N-ethyl adjacent to an activating group) is 1. The molecule has 28 heavy (non-hydrogen) atoms. The first kappa shape index (κ1) is 20.3. The third kappa shape index (κ3) is 4.19. The zero-order valence-corrected chi connectivity index (χ0v) is 17.2. The Balaban J connectivity index is 1.57. The number of nitrogens with zero attached hydrogens (tertiary/aromatic N) is 2. The second-order valence-electron chi connectivity index (χ2n) is 8.47. The van der Waals surface area contributed by atoms with Gasteiger partial charge >= 0.3 is 6.03 Å². The van der Waals surface area contributed by atoms with E-state index in [9.17, 15) is 14.4 Å². The van der Waals surface area contributed by atoms with Crippen molar-refractivity contribution in [2.24, 2.45) is 5.92 Å². The molecule has 0 unspecified atom stereocenters. The first-order chi connectivity index (χ1) is 13.2. The highest BCUT2D eigenvalue weighted by Crippen LogP contribution is 2.35. The normalized spacial score (nSPS) is 24.8. The van der Waals surface area contributed by atoms with Gasteiger partial charge in [0.25, 0.3) is 11.8 Å². The van der Waals surface area contributed by atoms with E-state index in [1.165, 1.54) is 11.1 Å². The highest BCUT2D eigenvalue weighted by molar-refractivity contribution is 6.08. The second-order valence-corrected chi connectivity index (χ2v) is 8.47. The molecule has 1 aromatic rings. The van der Waals surface area contributed by atoms with Crippen LogP contribution in [0.15, 0.2) is 18.2 Å². The molecule has 1 aliphatic carbocycles. The number of imide groups is 1. The van der Waals surface area contributed by atoms with Gasteiger partial charge in [0.05, 0.1) is 6.54 Å². The van der Waals surface area contributed by atoms with Crippen molar-refractivity contribution in [2.75, 3.05) is 13.6 Å². The van der Waals surface area contributed by atoms with E-state index in [0.29, 0.717) is 25.3 Å². The topological polar surface area (TPSA) is 81.8 Å². The number of urea groups is 1. The van der Waals surface area contributed by atoms with Crippen molar-refractivity contribution in [1.29, 1.82) is 0 Å². The van der Waals surface area contributed by atoms with Gasteiger partial charge in [0.2, 0.25) is 0 Å². The first-order valence-electron chi connectivity index (χ1n) is 9.91. The van der Waals surface area contributed by atoms with Crippen molar-refractivity contribution in [3.63, 3.8) is 0 Å². The molecule has 0 aromatic heterocycles. The van der Waals surface area contributed by atoms with E-state index in [1.54, 1.807) is 0 Å². The molecule has 0 atom stereocenters. The summed E-state index contributed by atoms with van der Waals surface area (Å²) in [4.78, 5) is 39.4. The fraction of sp³-hybridized carbons (Fsp3) is 0.571. The van der Waals surface area contributed by atoms with Gasteiger partial charge in [-0.2, -0.15) is 5.01 Å². The number of nitrogens with one attached hydrogen (secondary N) is 2. The molecule has 1 heterocycles. The van der Waals surface area contributed by atoms with Crippen LogP contribution in [0.1, 0.15) is 49.3 Å². The Labute approximate surface area is 166 Å². The summed E-state index contributed by atoms with van der Waals surface area (Å²) in [5, 5.41) is 3.67.